The Morgan fingerprint density at radius 1 is 1.26 bits per heavy atom. The highest BCUT2D eigenvalue weighted by atomic mass is 32.2. The Kier molecular flexibility index (Phi) is 4.63. The highest BCUT2D eigenvalue weighted by Gasteiger charge is 2.13. The molecule has 0 aliphatic carbocycles. The molecule has 0 aliphatic rings. The second-order valence-corrected chi connectivity index (χ2v) is 5.42. The molecule has 0 saturated carbocycles. The largest absolute Gasteiger partial charge is 0.369 e. The van der Waals surface area contributed by atoms with Crippen molar-refractivity contribution in [2.75, 3.05) is 17.7 Å². The van der Waals surface area contributed by atoms with Crippen molar-refractivity contribution in [2.24, 2.45) is 0 Å². The number of hydrogen-bond acceptors (Lipinski definition) is 3. The number of nitrogen functional groups attached to an aromatic ring is 1. The number of aryl methyl sites for hydroxylation is 1. The summed E-state index contributed by atoms with van der Waals surface area (Å²) in [5.41, 5.74) is 6.34. The smallest absolute Gasteiger partial charge is 0.201 e. The molecule has 1 heterocycles. The molecular formula is C13H17F2N3S. The number of thioether (sulfide) groups is 1. The quantitative estimate of drug-likeness (QED) is 0.827. The molecule has 0 aliphatic heterocycles. The summed E-state index contributed by atoms with van der Waals surface area (Å²) in [6.07, 6.45) is 5.20. The van der Waals surface area contributed by atoms with Crippen molar-refractivity contribution in [3.63, 3.8) is 0 Å². The van der Waals surface area contributed by atoms with Gasteiger partial charge in [0.25, 0.3) is 0 Å². The minimum absolute atomic E-state index is 0.142. The third kappa shape index (κ3) is 3.18. The summed E-state index contributed by atoms with van der Waals surface area (Å²) >= 11 is 1.82. The average molecular weight is 285 g/mol. The Balaban J connectivity index is 2.16. The van der Waals surface area contributed by atoms with Gasteiger partial charge in [0.05, 0.1) is 5.52 Å². The molecule has 104 valence electrons. The van der Waals surface area contributed by atoms with Gasteiger partial charge in [0.2, 0.25) is 5.95 Å². The van der Waals surface area contributed by atoms with Crippen LogP contribution in [0.2, 0.25) is 0 Å². The number of aromatic nitrogens is 2. The van der Waals surface area contributed by atoms with Gasteiger partial charge in [-0.1, -0.05) is 6.42 Å². The molecule has 6 heteroatoms. The van der Waals surface area contributed by atoms with Crippen LogP contribution in [0.25, 0.3) is 11.0 Å². The van der Waals surface area contributed by atoms with Crippen molar-refractivity contribution in [1.29, 1.82) is 0 Å². The van der Waals surface area contributed by atoms with Crippen LogP contribution in [0.15, 0.2) is 12.1 Å². The van der Waals surface area contributed by atoms with Crippen LogP contribution < -0.4 is 5.73 Å². The number of benzene rings is 1. The number of halogens is 2. The number of rotatable bonds is 6. The van der Waals surface area contributed by atoms with E-state index in [4.69, 9.17) is 5.73 Å². The summed E-state index contributed by atoms with van der Waals surface area (Å²) in [6, 6.07) is 2.11. The zero-order valence-corrected chi connectivity index (χ0v) is 11.6. The zero-order valence-electron chi connectivity index (χ0n) is 10.8. The van der Waals surface area contributed by atoms with Crippen LogP contribution in [0.1, 0.15) is 19.3 Å². The zero-order chi connectivity index (χ0) is 13.8. The van der Waals surface area contributed by atoms with Gasteiger partial charge in [-0.25, -0.2) is 13.8 Å². The first-order chi connectivity index (χ1) is 9.13. The number of fused-ring (bicyclic) bond motifs is 1. The molecule has 0 bridgehead atoms. The molecule has 0 spiro atoms. The highest BCUT2D eigenvalue weighted by Crippen LogP contribution is 2.22. The lowest BCUT2D eigenvalue weighted by Gasteiger charge is -2.06. The van der Waals surface area contributed by atoms with Gasteiger partial charge in [0.15, 0.2) is 5.82 Å². The van der Waals surface area contributed by atoms with E-state index in [9.17, 15) is 8.78 Å². The molecule has 2 rings (SSSR count). The molecule has 0 radical (unpaired) electrons. The molecule has 0 saturated heterocycles. The van der Waals surface area contributed by atoms with Gasteiger partial charge in [-0.15, -0.1) is 0 Å². The van der Waals surface area contributed by atoms with Gasteiger partial charge in [-0.3, -0.25) is 0 Å². The normalized spacial score (nSPS) is 11.3. The standard InChI is InChI=1S/C13H17F2N3S/c1-19-6-4-2-3-5-18-11-8-9(14)7-10(15)12(11)17-13(18)16/h7-8H,2-6H2,1H3,(H2,16,17). The Morgan fingerprint density at radius 2 is 2.05 bits per heavy atom. The van der Waals surface area contributed by atoms with Gasteiger partial charge in [0, 0.05) is 18.7 Å². The number of nitrogens with zero attached hydrogens (tertiary/aromatic N) is 2. The predicted octanol–water partition coefficient (Wildman–Crippen LogP) is 3.43. The van der Waals surface area contributed by atoms with Crippen LogP contribution in [-0.2, 0) is 6.54 Å². The van der Waals surface area contributed by atoms with Crippen molar-refractivity contribution in [2.45, 2.75) is 25.8 Å². The Labute approximate surface area is 115 Å². The average Bonchev–Trinajstić information content (AvgIpc) is 2.67. The van der Waals surface area contributed by atoms with Gasteiger partial charge in [0.1, 0.15) is 11.3 Å². The maximum atomic E-state index is 13.6. The Hall–Kier alpha value is -1.30. The fraction of sp³-hybridized carbons (Fsp3) is 0.462. The Morgan fingerprint density at radius 3 is 2.79 bits per heavy atom. The van der Waals surface area contributed by atoms with Gasteiger partial charge in [-0.05, 0) is 24.9 Å². The van der Waals surface area contributed by atoms with Gasteiger partial charge < -0.3 is 10.3 Å². The van der Waals surface area contributed by atoms with Crippen LogP contribution in [0.3, 0.4) is 0 Å². The first kappa shape index (κ1) is 14.1. The molecule has 0 amide bonds. The molecular weight excluding hydrogens is 268 g/mol. The van der Waals surface area contributed by atoms with E-state index in [1.165, 1.54) is 6.07 Å². The molecule has 0 atom stereocenters. The van der Waals surface area contributed by atoms with Gasteiger partial charge >= 0.3 is 0 Å². The molecule has 19 heavy (non-hydrogen) atoms. The first-order valence-corrected chi connectivity index (χ1v) is 7.62. The molecule has 1 aromatic heterocycles. The lowest BCUT2D eigenvalue weighted by molar-refractivity contribution is 0.587. The third-order valence-electron chi connectivity index (χ3n) is 3.03. The van der Waals surface area contributed by atoms with E-state index >= 15 is 0 Å². The predicted molar refractivity (Wildman–Crippen MR) is 76.3 cm³/mol. The van der Waals surface area contributed by atoms with Crippen LogP contribution >= 0.6 is 11.8 Å². The molecule has 1 aromatic carbocycles. The lowest BCUT2D eigenvalue weighted by atomic mass is 10.2. The van der Waals surface area contributed by atoms with E-state index < -0.39 is 11.6 Å². The van der Waals surface area contributed by atoms with Crippen molar-refractivity contribution in [3.05, 3.63) is 23.8 Å². The maximum Gasteiger partial charge on any atom is 0.201 e. The van der Waals surface area contributed by atoms with Crippen LogP contribution in [0, 0.1) is 11.6 Å². The summed E-state index contributed by atoms with van der Waals surface area (Å²) in [7, 11) is 0. The molecule has 3 nitrogen and oxygen atoms in total. The highest BCUT2D eigenvalue weighted by molar-refractivity contribution is 7.98. The van der Waals surface area contributed by atoms with Crippen molar-refractivity contribution in [3.8, 4) is 0 Å². The van der Waals surface area contributed by atoms with Crippen molar-refractivity contribution >= 4 is 28.7 Å². The topological polar surface area (TPSA) is 43.8 Å². The SMILES string of the molecule is CSCCCCCn1c(N)nc2c(F)cc(F)cc21. The van der Waals surface area contributed by atoms with Crippen LogP contribution in [-0.4, -0.2) is 21.6 Å². The second-order valence-electron chi connectivity index (χ2n) is 4.43. The fourth-order valence-electron chi connectivity index (χ4n) is 2.10. The van der Waals surface area contributed by atoms with E-state index in [0.717, 1.165) is 31.1 Å². The van der Waals surface area contributed by atoms with E-state index in [2.05, 4.69) is 11.2 Å². The minimum Gasteiger partial charge on any atom is -0.369 e. The number of nitrogens with two attached hydrogens (primary N) is 1. The summed E-state index contributed by atoms with van der Waals surface area (Å²) in [6.45, 7) is 0.638. The summed E-state index contributed by atoms with van der Waals surface area (Å²) < 4.78 is 28.5. The van der Waals surface area contributed by atoms with E-state index in [1.54, 1.807) is 4.57 Å². The number of hydrogen-bond donors (Lipinski definition) is 1. The van der Waals surface area contributed by atoms with Crippen molar-refractivity contribution in [1.82, 2.24) is 9.55 Å². The molecule has 2 N–H and O–H groups in total. The second kappa shape index (κ2) is 6.23. The monoisotopic (exact) mass is 285 g/mol. The lowest BCUT2D eigenvalue weighted by Crippen LogP contribution is -2.03. The molecule has 0 unspecified atom stereocenters. The first-order valence-electron chi connectivity index (χ1n) is 6.23. The Bertz CT molecular complexity index is 569. The van der Waals surface area contributed by atoms with E-state index in [-0.39, 0.29) is 11.5 Å². The number of anilines is 1. The van der Waals surface area contributed by atoms with Crippen LogP contribution in [0.5, 0.6) is 0 Å². The van der Waals surface area contributed by atoms with Gasteiger partial charge in [-0.2, -0.15) is 11.8 Å². The van der Waals surface area contributed by atoms with Crippen LogP contribution in [0.4, 0.5) is 14.7 Å². The molecule has 0 fully saturated rings. The summed E-state index contributed by atoms with van der Waals surface area (Å²) in [5, 5.41) is 0. The maximum absolute atomic E-state index is 13.6. The molecule has 2 aromatic rings. The summed E-state index contributed by atoms with van der Waals surface area (Å²) in [5.74, 6) is 0.101. The third-order valence-corrected chi connectivity index (χ3v) is 3.73. The number of imidazole rings is 1. The van der Waals surface area contributed by atoms with E-state index in [1.807, 2.05) is 11.8 Å². The summed E-state index contributed by atoms with van der Waals surface area (Å²) in [4.78, 5) is 3.96. The van der Waals surface area contributed by atoms with Crippen molar-refractivity contribution < 1.29 is 8.78 Å². The van der Waals surface area contributed by atoms with E-state index in [0.29, 0.717) is 12.1 Å². The minimum atomic E-state index is -0.664. The fourth-order valence-corrected chi connectivity index (χ4v) is 2.59. The number of unbranched alkanes of at least 4 members (excludes halogenated alkanes) is 2.